The summed E-state index contributed by atoms with van der Waals surface area (Å²) in [5, 5.41) is 3.41. The van der Waals surface area contributed by atoms with Crippen molar-refractivity contribution >= 4 is 34.9 Å². The Morgan fingerprint density at radius 2 is 1.77 bits per heavy atom. The van der Waals surface area contributed by atoms with Crippen LogP contribution in [0.5, 0.6) is 0 Å². The van der Waals surface area contributed by atoms with E-state index in [0.29, 0.717) is 27.0 Å². The van der Waals surface area contributed by atoms with Crippen LogP contribution in [-0.4, -0.2) is 15.9 Å². The number of hydrogen-bond donors (Lipinski definition) is 2. The summed E-state index contributed by atoms with van der Waals surface area (Å²) in [6.07, 6.45) is 0.0997. The SMILES string of the molecule is O=C1CC(c2cccc(Cl)c2Cl)c2c(nc(-c3ccccc3)[nH]c2=O)N1. The van der Waals surface area contributed by atoms with E-state index >= 15 is 0 Å². The van der Waals surface area contributed by atoms with Gasteiger partial charge in [0.1, 0.15) is 11.6 Å². The molecule has 5 nitrogen and oxygen atoms in total. The molecule has 4 rings (SSSR count). The van der Waals surface area contributed by atoms with Gasteiger partial charge < -0.3 is 10.3 Å². The fourth-order valence-corrected chi connectivity index (χ4v) is 3.60. The average Bonchev–Trinajstić information content (AvgIpc) is 2.63. The van der Waals surface area contributed by atoms with Gasteiger partial charge in [0.15, 0.2) is 0 Å². The van der Waals surface area contributed by atoms with Gasteiger partial charge in [-0.2, -0.15) is 0 Å². The molecule has 0 saturated heterocycles. The van der Waals surface area contributed by atoms with Gasteiger partial charge in [-0.05, 0) is 11.6 Å². The number of benzene rings is 2. The first-order valence-corrected chi connectivity index (χ1v) is 8.73. The molecule has 0 saturated carbocycles. The van der Waals surface area contributed by atoms with Crippen molar-refractivity contribution in [1.82, 2.24) is 9.97 Å². The molecule has 0 bridgehead atoms. The van der Waals surface area contributed by atoms with E-state index in [4.69, 9.17) is 23.2 Å². The summed E-state index contributed by atoms with van der Waals surface area (Å²) < 4.78 is 0. The molecule has 130 valence electrons. The second-order valence-electron chi connectivity index (χ2n) is 5.99. The molecular formula is C19H13Cl2N3O2. The van der Waals surface area contributed by atoms with Crippen molar-refractivity contribution in [3.63, 3.8) is 0 Å². The van der Waals surface area contributed by atoms with Crippen LogP contribution in [0, 0.1) is 0 Å². The van der Waals surface area contributed by atoms with E-state index in [1.807, 2.05) is 30.3 Å². The average molecular weight is 386 g/mol. The van der Waals surface area contributed by atoms with Gasteiger partial charge in [0.25, 0.3) is 5.56 Å². The van der Waals surface area contributed by atoms with Gasteiger partial charge >= 0.3 is 0 Å². The Morgan fingerprint density at radius 3 is 2.54 bits per heavy atom. The molecule has 7 heteroatoms. The summed E-state index contributed by atoms with van der Waals surface area (Å²) in [5.41, 5.74) is 1.46. The minimum Gasteiger partial charge on any atom is -0.310 e. The number of nitrogens with zero attached hydrogens (tertiary/aromatic N) is 1. The number of rotatable bonds is 2. The molecule has 0 radical (unpaired) electrons. The minimum absolute atomic E-state index is 0.0997. The molecule has 0 fully saturated rings. The van der Waals surface area contributed by atoms with Crippen LogP contribution in [0.15, 0.2) is 53.3 Å². The summed E-state index contributed by atoms with van der Waals surface area (Å²) in [6.45, 7) is 0. The van der Waals surface area contributed by atoms with Gasteiger partial charge in [-0.25, -0.2) is 4.98 Å². The maximum absolute atomic E-state index is 12.8. The third-order valence-electron chi connectivity index (χ3n) is 4.36. The molecule has 1 atom stereocenters. The zero-order valence-electron chi connectivity index (χ0n) is 13.4. The lowest BCUT2D eigenvalue weighted by atomic mass is 9.86. The number of H-pyrrole nitrogens is 1. The predicted molar refractivity (Wildman–Crippen MR) is 102 cm³/mol. The normalized spacial score (nSPS) is 16.1. The van der Waals surface area contributed by atoms with E-state index in [0.717, 1.165) is 5.56 Å². The number of fused-ring (bicyclic) bond motifs is 1. The Bertz CT molecular complexity index is 1060. The minimum atomic E-state index is -0.508. The second-order valence-corrected chi connectivity index (χ2v) is 6.78. The van der Waals surface area contributed by atoms with Gasteiger partial charge in [0.05, 0.1) is 15.6 Å². The topological polar surface area (TPSA) is 74.8 Å². The number of nitrogens with one attached hydrogen (secondary N) is 2. The highest BCUT2D eigenvalue weighted by Crippen LogP contribution is 2.39. The van der Waals surface area contributed by atoms with Crippen molar-refractivity contribution in [2.24, 2.45) is 0 Å². The highest BCUT2D eigenvalue weighted by Gasteiger charge is 2.32. The summed E-state index contributed by atoms with van der Waals surface area (Å²) in [6, 6.07) is 14.4. The number of aromatic nitrogens is 2. The van der Waals surface area contributed by atoms with Crippen molar-refractivity contribution in [2.45, 2.75) is 12.3 Å². The summed E-state index contributed by atoms with van der Waals surface area (Å²) in [5.74, 6) is -0.0842. The molecule has 1 aromatic heterocycles. The Kier molecular flexibility index (Phi) is 4.26. The van der Waals surface area contributed by atoms with Crippen LogP contribution in [0.25, 0.3) is 11.4 Å². The van der Waals surface area contributed by atoms with Crippen molar-refractivity contribution < 1.29 is 4.79 Å². The molecular weight excluding hydrogens is 373 g/mol. The number of hydrogen-bond acceptors (Lipinski definition) is 3. The first-order valence-electron chi connectivity index (χ1n) is 7.98. The lowest BCUT2D eigenvalue weighted by molar-refractivity contribution is -0.116. The monoisotopic (exact) mass is 385 g/mol. The van der Waals surface area contributed by atoms with Crippen LogP contribution >= 0.6 is 23.2 Å². The van der Waals surface area contributed by atoms with Gasteiger partial charge in [-0.15, -0.1) is 0 Å². The van der Waals surface area contributed by atoms with E-state index in [2.05, 4.69) is 15.3 Å². The first-order chi connectivity index (χ1) is 12.5. The van der Waals surface area contributed by atoms with Gasteiger partial charge in [-0.1, -0.05) is 65.7 Å². The van der Waals surface area contributed by atoms with Crippen LogP contribution in [-0.2, 0) is 4.79 Å². The highest BCUT2D eigenvalue weighted by atomic mass is 35.5. The fraction of sp³-hybridized carbons (Fsp3) is 0.105. The van der Waals surface area contributed by atoms with Gasteiger partial charge in [0, 0.05) is 17.9 Å². The van der Waals surface area contributed by atoms with E-state index in [1.54, 1.807) is 18.2 Å². The molecule has 1 aliphatic rings. The Balaban J connectivity index is 1.90. The molecule has 0 aliphatic carbocycles. The molecule has 3 aromatic rings. The quantitative estimate of drug-likeness (QED) is 0.693. The van der Waals surface area contributed by atoms with Crippen molar-refractivity contribution in [1.29, 1.82) is 0 Å². The molecule has 1 aliphatic heterocycles. The lowest BCUT2D eigenvalue weighted by Gasteiger charge is -2.25. The number of amides is 1. The number of anilines is 1. The first kappa shape index (κ1) is 16.8. The molecule has 2 heterocycles. The van der Waals surface area contributed by atoms with E-state index in [1.165, 1.54) is 0 Å². The standard InChI is InChI=1S/C19H13Cl2N3O2/c20-13-8-4-7-11(16(13)21)12-9-14(25)22-18-15(12)19(26)24-17(23-18)10-5-2-1-3-6-10/h1-8,12H,9H2,(H2,22,23,24,25,26). The summed E-state index contributed by atoms with van der Waals surface area (Å²) in [4.78, 5) is 32.3. The number of carbonyl (C=O) groups is 1. The van der Waals surface area contributed by atoms with E-state index in [9.17, 15) is 9.59 Å². The molecule has 0 spiro atoms. The maximum Gasteiger partial charge on any atom is 0.257 e. The summed E-state index contributed by atoms with van der Waals surface area (Å²) >= 11 is 12.4. The molecule has 1 unspecified atom stereocenters. The molecule has 2 N–H and O–H groups in total. The Hall–Kier alpha value is -2.63. The second kappa shape index (κ2) is 6.59. The number of carbonyl (C=O) groups excluding carboxylic acids is 1. The Morgan fingerprint density at radius 1 is 1.00 bits per heavy atom. The van der Waals surface area contributed by atoms with Crippen LogP contribution < -0.4 is 10.9 Å². The van der Waals surface area contributed by atoms with Crippen molar-refractivity contribution in [3.8, 4) is 11.4 Å². The maximum atomic E-state index is 12.8. The zero-order chi connectivity index (χ0) is 18.3. The zero-order valence-corrected chi connectivity index (χ0v) is 14.9. The smallest absolute Gasteiger partial charge is 0.257 e. The largest absolute Gasteiger partial charge is 0.310 e. The predicted octanol–water partition coefficient (Wildman–Crippen LogP) is 4.22. The molecule has 2 aromatic carbocycles. The van der Waals surface area contributed by atoms with Gasteiger partial charge in [0.2, 0.25) is 5.91 Å². The highest BCUT2D eigenvalue weighted by molar-refractivity contribution is 6.42. The number of aromatic amines is 1. The third kappa shape index (κ3) is 2.89. The van der Waals surface area contributed by atoms with E-state index in [-0.39, 0.29) is 23.7 Å². The van der Waals surface area contributed by atoms with E-state index < -0.39 is 5.92 Å². The van der Waals surface area contributed by atoms with Gasteiger partial charge in [-0.3, -0.25) is 9.59 Å². The molecule has 1 amide bonds. The van der Waals surface area contributed by atoms with Crippen LogP contribution in [0.1, 0.15) is 23.5 Å². The van der Waals surface area contributed by atoms with Crippen LogP contribution in [0.3, 0.4) is 0 Å². The van der Waals surface area contributed by atoms with Crippen LogP contribution in [0.2, 0.25) is 10.0 Å². The summed E-state index contributed by atoms with van der Waals surface area (Å²) in [7, 11) is 0. The third-order valence-corrected chi connectivity index (χ3v) is 5.19. The lowest BCUT2D eigenvalue weighted by Crippen LogP contribution is -2.31. The Labute approximate surface area is 159 Å². The molecule has 26 heavy (non-hydrogen) atoms. The van der Waals surface area contributed by atoms with Crippen molar-refractivity contribution in [3.05, 3.63) is 80.1 Å². The van der Waals surface area contributed by atoms with Crippen molar-refractivity contribution in [2.75, 3.05) is 5.32 Å². The number of halogens is 2. The van der Waals surface area contributed by atoms with Crippen LogP contribution in [0.4, 0.5) is 5.82 Å². The fourth-order valence-electron chi connectivity index (χ4n) is 3.16.